The third-order valence-corrected chi connectivity index (χ3v) is 5.39. The predicted molar refractivity (Wildman–Crippen MR) is 104 cm³/mol. The minimum absolute atomic E-state index is 0.0746. The molecule has 0 radical (unpaired) electrons. The summed E-state index contributed by atoms with van der Waals surface area (Å²) in [6.45, 7) is 1.53. The third kappa shape index (κ3) is 4.03. The Morgan fingerprint density at radius 2 is 1.85 bits per heavy atom. The van der Waals surface area contributed by atoms with Crippen LogP contribution in [-0.2, 0) is 17.8 Å². The second kappa shape index (κ2) is 7.92. The van der Waals surface area contributed by atoms with Gasteiger partial charge in [-0.2, -0.15) is 5.10 Å². The van der Waals surface area contributed by atoms with Crippen LogP contribution >= 0.6 is 0 Å². The normalized spacial score (nSPS) is 17.2. The van der Waals surface area contributed by atoms with Gasteiger partial charge in [-0.1, -0.05) is 25.3 Å². The lowest BCUT2D eigenvalue weighted by atomic mass is 9.88. The molecule has 1 aliphatic heterocycles. The smallest absolute Gasteiger partial charge is 0.276 e. The van der Waals surface area contributed by atoms with Crippen LogP contribution in [0.1, 0.15) is 53.8 Å². The summed E-state index contributed by atoms with van der Waals surface area (Å²) in [7, 11) is 0. The van der Waals surface area contributed by atoms with E-state index in [1.165, 1.54) is 6.42 Å². The Morgan fingerprint density at radius 1 is 1.07 bits per heavy atom. The van der Waals surface area contributed by atoms with E-state index in [9.17, 15) is 9.59 Å². The number of carbonyl (C=O) groups is 2. The summed E-state index contributed by atoms with van der Waals surface area (Å²) in [4.78, 5) is 25.0. The van der Waals surface area contributed by atoms with Crippen molar-refractivity contribution >= 4 is 23.2 Å². The molecule has 4 rings (SSSR count). The molecule has 2 aromatic rings. The van der Waals surface area contributed by atoms with Crippen LogP contribution in [0, 0.1) is 5.92 Å². The number of nitrogens with one attached hydrogen (secondary N) is 4. The van der Waals surface area contributed by atoms with Crippen LogP contribution in [0.5, 0.6) is 0 Å². The largest absolute Gasteiger partial charge is 0.326 e. The van der Waals surface area contributed by atoms with Crippen LogP contribution in [0.3, 0.4) is 0 Å². The Hall–Kier alpha value is -2.67. The van der Waals surface area contributed by atoms with Crippen LogP contribution in [0.25, 0.3) is 0 Å². The van der Waals surface area contributed by atoms with Gasteiger partial charge >= 0.3 is 0 Å². The van der Waals surface area contributed by atoms with E-state index in [1.54, 1.807) is 6.07 Å². The van der Waals surface area contributed by atoms with E-state index in [4.69, 9.17) is 0 Å². The van der Waals surface area contributed by atoms with Crippen molar-refractivity contribution in [2.45, 2.75) is 45.1 Å². The zero-order chi connectivity index (χ0) is 18.6. The van der Waals surface area contributed by atoms with Crippen LogP contribution in [-0.4, -0.2) is 28.6 Å². The number of benzene rings is 1. The van der Waals surface area contributed by atoms with Crippen molar-refractivity contribution in [1.82, 2.24) is 15.5 Å². The van der Waals surface area contributed by atoms with Crippen molar-refractivity contribution in [2.75, 3.05) is 17.2 Å². The first kappa shape index (κ1) is 17.7. The summed E-state index contributed by atoms with van der Waals surface area (Å²) in [6.07, 6.45) is 6.23. The van der Waals surface area contributed by atoms with Crippen LogP contribution in [0.4, 0.5) is 11.4 Å². The van der Waals surface area contributed by atoms with Gasteiger partial charge in [0.15, 0.2) is 5.69 Å². The van der Waals surface area contributed by atoms with Gasteiger partial charge in [-0.3, -0.25) is 14.7 Å². The maximum Gasteiger partial charge on any atom is 0.276 e. The molecule has 0 unspecified atom stereocenters. The van der Waals surface area contributed by atoms with Crippen molar-refractivity contribution < 1.29 is 9.59 Å². The van der Waals surface area contributed by atoms with Crippen LogP contribution < -0.4 is 16.0 Å². The molecule has 7 nitrogen and oxygen atoms in total. The van der Waals surface area contributed by atoms with Crippen molar-refractivity contribution in [2.24, 2.45) is 5.92 Å². The number of aromatic nitrogens is 2. The number of carbonyl (C=O) groups excluding carboxylic acids is 2. The number of H-pyrrole nitrogens is 1. The number of anilines is 2. The Morgan fingerprint density at radius 3 is 2.67 bits per heavy atom. The zero-order valence-electron chi connectivity index (χ0n) is 15.3. The van der Waals surface area contributed by atoms with Gasteiger partial charge in [0.05, 0.1) is 0 Å². The highest BCUT2D eigenvalue weighted by atomic mass is 16.2. The maximum absolute atomic E-state index is 12.6. The SMILES string of the molecule is O=C(Nc1cccc(NC(=O)C2CCCCC2)c1)c1n[nH]c2c1CNCC2. The Labute approximate surface area is 158 Å². The first-order valence-electron chi connectivity index (χ1n) is 9.70. The fraction of sp³-hybridized carbons (Fsp3) is 0.450. The lowest BCUT2D eigenvalue weighted by Crippen LogP contribution is -2.25. The summed E-state index contributed by atoms with van der Waals surface area (Å²) < 4.78 is 0. The highest BCUT2D eigenvalue weighted by Crippen LogP contribution is 2.25. The van der Waals surface area contributed by atoms with Gasteiger partial charge in [-0.15, -0.1) is 0 Å². The summed E-state index contributed by atoms with van der Waals surface area (Å²) in [5.41, 5.74) is 3.72. The standard InChI is InChI=1S/C20H25N5O2/c26-19(13-5-2-1-3-6-13)22-14-7-4-8-15(11-14)23-20(27)18-16-12-21-10-9-17(16)24-25-18/h4,7-8,11,13,21H,1-3,5-6,9-10,12H2,(H,22,26)(H,23,27)(H,24,25). The number of aromatic amines is 1. The molecule has 1 saturated carbocycles. The highest BCUT2D eigenvalue weighted by Gasteiger charge is 2.23. The van der Waals surface area contributed by atoms with E-state index in [1.807, 2.05) is 18.2 Å². The number of nitrogens with zero attached hydrogens (tertiary/aromatic N) is 1. The fourth-order valence-electron chi connectivity index (χ4n) is 3.89. The van der Waals surface area contributed by atoms with Crippen molar-refractivity contribution in [1.29, 1.82) is 0 Å². The molecule has 2 amide bonds. The number of fused-ring (bicyclic) bond motifs is 1. The van der Waals surface area contributed by atoms with Gasteiger partial charge in [0.25, 0.3) is 5.91 Å². The van der Waals surface area contributed by atoms with Gasteiger partial charge in [-0.05, 0) is 31.0 Å². The second-order valence-corrected chi connectivity index (χ2v) is 7.32. The molecule has 2 heterocycles. The zero-order valence-corrected chi connectivity index (χ0v) is 15.3. The topological polar surface area (TPSA) is 98.9 Å². The first-order valence-corrected chi connectivity index (χ1v) is 9.70. The molecular formula is C20H25N5O2. The summed E-state index contributed by atoms with van der Waals surface area (Å²) >= 11 is 0. The predicted octanol–water partition coefficient (Wildman–Crippen LogP) is 2.83. The van der Waals surface area contributed by atoms with Gasteiger partial charge in [-0.25, -0.2) is 0 Å². The second-order valence-electron chi connectivity index (χ2n) is 7.32. The van der Waals surface area contributed by atoms with Gasteiger partial charge in [0, 0.05) is 48.1 Å². The molecule has 0 atom stereocenters. The van der Waals surface area contributed by atoms with E-state index in [0.717, 1.165) is 49.9 Å². The van der Waals surface area contributed by atoms with Gasteiger partial charge < -0.3 is 16.0 Å². The maximum atomic E-state index is 12.6. The number of hydrogen-bond acceptors (Lipinski definition) is 4. The lowest BCUT2D eigenvalue weighted by molar-refractivity contribution is -0.120. The molecule has 0 saturated heterocycles. The van der Waals surface area contributed by atoms with E-state index < -0.39 is 0 Å². The average molecular weight is 367 g/mol. The monoisotopic (exact) mass is 367 g/mol. The lowest BCUT2D eigenvalue weighted by Gasteiger charge is -2.20. The third-order valence-electron chi connectivity index (χ3n) is 5.39. The Kier molecular flexibility index (Phi) is 5.20. The van der Waals surface area contributed by atoms with Crippen molar-refractivity contribution in [3.63, 3.8) is 0 Å². The quantitative estimate of drug-likeness (QED) is 0.668. The Bertz CT molecular complexity index is 839. The number of amides is 2. The summed E-state index contributed by atoms with van der Waals surface area (Å²) in [5.74, 6) is -0.0716. The Balaban J connectivity index is 1.42. The van der Waals surface area contributed by atoms with Crippen LogP contribution in [0.15, 0.2) is 24.3 Å². The average Bonchev–Trinajstić information content (AvgIpc) is 3.13. The minimum Gasteiger partial charge on any atom is -0.326 e. The van der Waals surface area contributed by atoms with Crippen molar-refractivity contribution in [3.8, 4) is 0 Å². The van der Waals surface area contributed by atoms with Crippen molar-refractivity contribution in [3.05, 3.63) is 41.2 Å². The molecule has 1 fully saturated rings. The van der Waals surface area contributed by atoms with E-state index in [-0.39, 0.29) is 17.7 Å². The number of hydrogen-bond donors (Lipinski definition) is 4. The molecule has 0 bridgehead atoms. The molecule has 0 spiro atoms. The molecule has 142 valence electrons. The molecule has 2 aliphatic rings. The first-order chi connectivity index (χ1) is 13.2. The fourth-order valence-corrected chi connectivity index (χ4v) is 3.89. The molecule has 1 aliphatic carbocycles. The summed E-state index contributed by atoms with van der Waals surface area (Å²) in [6, 6.07) is 7.27. The minimum atomic E-state index is -0.244. The summed E-state index contributed by atoms with van der Waals surface area (Å²) in [5, 5.41) is 16.3. The molecule has 1 aromatic carbocycles. The molecule has 27 heavy (non-hydrogen) atoms. The van der Waals surface area contributed by atoms with E-state index >= 15 is 0 Å². The van der Waals surface area contributed by atoms with E-state index in [0.29, 0.717) is 23.6 Å². The highest BCUT2D eigenvalue weighted by molar-refractivity contribution is 6.04. The molecule has 1 aromatic heterocycles. The number of rotatable bonds is 4. The van der Waals surface area contributed by atoms with E-state index in [2.05, 4.69) is 26.1 Å². The molecule has 7 heteroatoms. The molecule has 4 N–H and O–H groups in total. The molecular weight excluding hydrogens is 342 g/mol. The van der Waals surface area contributed by atoms with Gasteiger partial charge in [0.2, 0.25) is 5.91 Å². The van der Waals surface area contributed by atoms with Crippen LogP contribution in [0.2, 0.25) is 0 Å². The van der Waals surface area contributed by atoms with Gasteiger partial charge in [0.1, 0.15) is 0 Å².